The van der Waals surface area contributed by atoms with Crippen LogP contribution < -0.4 is 9.47 Å². The molecule has 0 saturated carbocycles. The van der Waals surface area contributed by atoms with E-state index >= 15 is 0 Å². The molecule has 1 rings (SSSR count). The highest BCUT2D eigenvalue weighted by molar-refractivity contribution is 5.40. The van der Waals surface area contributed by atoms with E-state index in [1.165, 1.54) is 0 Å². The standard InChI is InChI=1S/C14H21O3/c1-4-5-16-13-6-12(9-15)7-14(8-13)17-10-11(2)3/h6-9,11,15H,4-5,10H2,1-3H3. The molecule has 0 aromatic heterocycles. The average Bonchev–Trinajstić information content (AvgIpc) is 2.33. The number of hydrogen-bond donors (Lipinski definition) is 1. The normalized spacial score (nSPS) is 10.6. The fourth-order valence-electron chi connectivity index (χ4n) is 1.32. The average molecular weight is 237 g/mol. The maximum Gasteiger partial charge on any atom is 0.123 e. The summed E-state index contributed by atoms with van der Waals surface area (Å²) in [6, 6.07) is 5.43. The molecule has 0 spiro atoms. The SMILES string of the molecule is CCCOc1cc([CH]O)cc(OCC(C)C)c1. The Morgan fingerprint density at radius 3 is 2.35 bits per heavy atom. The Morgan fingerprint density at radius 2 is 1.82 bits per heavy atom. The Bertz CT molecular complexity index is 334. The Balaban J connectivity index is 2.73. The van der Waals surface area contributed by atoms with E-state index in [-0.39, 0.29) is 0 Å². The first-order valence-electron chi connectivity index (χ1n) is 6.03. The molecule has 0 aliphatic rings. The first-order valence-corrected chi connectivity index (χ1v) is 6.03. The maximum atomic E-state index is 9.05. The van der Waals surface area contributed by atoms with Gasteiger partial charge in [0.05, 0.1) is 13.2 Å². The van der Waals surface area contributed by atoms with Gasteiger partial charge in [-0.25, -0.2) is 0 Å². The quantitative estimate of drug-likeness (QED) is 0.790. The van der Waals surface area contributed by atoms with Crippen molar-refractivity contribution in [3.05, 3.63) is 30.4 Å². The van der Waals surface area contributed by atoms with Crippen LogP contribution in [0.15, 0.2) is 18.2 Å². The first-order chi connectivity index (χ1) is 8.15. The van der Waals surface area contributed by atoms with Gasteiger partial charge in [-0.15, -0.1) is 0 Å². The van der Waals surface area contributed by atoms with Crippen LogP contribution >= 0.6 is 0 Å². The third-order valence-corrected chi connectivity index (χ3v) is 2.11. The molecular formula is C14H21O3. The number of rotatable bonds is 7. The summed E-state index contributed by atoms with van der Waals surface area (Å²) in [5.74, 6) is 1.93. The lowest BCUT2D eigenvalue weighted by Gasteiger charge is -2.12. The van der Waals surface area contributed by atoms with E-state index in [1.807, 2.05) is 6.07 Å². The molecule has 3 heteroatoms. The van der Waals surface area contributed by atoms with Crippen LogP contribution in [0.3, 0.4) is 0 Å². The summed E-state index contributed by atoms with van der Waals surface area (Å²) < 4.78 is 11.2. The Labute approximate surface area is 103 Å². The summed E-state index contributed by atoms with van der Waals surface area (Å²) in [5, 5.41) is 9.05. The van der Waals surface area contributed by atoms with Gasteiger partial charge in [0.15, 0.2) is 0 Å². The number of aliphatic hydroxyl groups is 1. The highest BCUT2D eigenvalue weighted by atomic mass is 16.5. The second-order valence-corrected chi connectivity index (χ2v) is 4.42. The number of ether oxygens (including phenoxy) is 2. The largest absolute Gasteiger partial charge is 0.493 e. The molecule has 1 aromatic rings. The molecule has 0 aliphatic carbocycles. The molecule has 0 unspecified atom stereocenters. The van der Waals surface area contributed by atoms with E-state index in [1.54, 1.807) is 12.1 Å². The summed E-state index contributed by atoms with van der Waals surface area (Å²) in [4.78, 5) is 0. The van der Waals surface area contributed by atoms with E-state index in [0.717, 1.165) is 24.5 Å². The van der Waals surface area contributed by atoms with E-state index in [9.17, 15) is 0 Å². The van der Waals surface area contributed by atoms with Crippen LogP contribution in [0, 0.1) is 12.5 Å². The Hall–Kier alpha value is -1.22. The highest BCUT2D eigenvalue weighted by Gasteiger charge is 2.04. The zero-order valence-electron chi connectivity index (χ0n) is 10.8. The fourth-order valence-corrected chi connectivity index (χ4v) is 1.32. The summed E-state index contributed by atoms with van der Waals surface area (Å²) in [6.45, 7) is 8.62. The van der Waals surface area contributed by atoms with Crippen molar-refractivity contribution in [1.82, 2.24) is 0 Å². The zero-order chi connectivity index (χ0) is 12.7. The van der Waals surface area contributed by atoms with Gasteiger partial charge in [-0.2, -0.15) is 0 Å². The molecule has 1 aromatic carbocycles. The topological polar surface area (TPSA) is 38.7 Å². The minimum atomic E-state index is 0.469. The lowest BCUT2D eigenvalue weighted by molar-refractivity contribution is 0.266. The van der Waals surface area contributed by atoms with E-state index < -0.39 is 0 Å². The molecule has 1 N–H and O–H groups in total. The van der Waals surface area contributed by atoms with Crippen molar-refractivity contribution in [2.24, 2.45) is 5.92 Å². The second kappa shape index (κ2) is 7.17. The third kappa shape index (κ3) is 5.09. The summed E-state index contributed by atoms with van der Waals surface area (Å²) in [5.41, 5.74) is 0.692. The van der Waals surface area contributed by atoms with Gasteiger partial charge in [0, 0.05) is 6.07 Å². The molecule has 0 saturated heterocycles. The molecule has 0 fully saturated rings. The predicted octanol–water partition coefficient (Wildman–Crippen LogP) is 3.39. The minimum absolute atomic E-state index is 0.469. The van der Waals surface area contributed by atoms with Crippen molar-refractivity contribution in [3.63, 3.8) is 0 Å². The van der Waals surface area contributed by atoms with Gasteiger partial charge < -0.3 is 14.6 Å². The third-order valence-electron chi connectivity index (χ3n) is 2.11. The number of benzene rings is 1. The van der Waals surface area contributed by atoms with Crippen molar-refractivity contribution >= 4 is 0 Å². The van der Waals surface area contributed by atoms with Crippen LogP contribution in [0.5, 0.6) is 11.5 Å². The lowest BCUT2D eigenvalue weighted by Crippen LogP contribution is -2.05. The number of aliphatic hydroxyl groups excluding tert-OH is 1. The molecule has 95 valence electrons. The van der Waals surface area contributed by atoms with E-state index in [4.69, 9.17) is 14.6 Å². The van der Waals surface area contributed by atoms with Crippen molar-refractivity contribution in [3.8, 4) is 11.5 Å². The first kappa shape index (κ1) is 13.8. The van der Waals surface area contributed by atoms with Gasteiger partial charge in [0.2, 0.25) is 0 Å². The molecule has 3 nitrogen and oxygen atoms in total. The van der Waals surface area contributed by atoms with Gasteiger partial charge >= 0.3 is 0 Å². The molecule has 0 atom stereocenters. The molecule has 1 radical (unpaired) electrons. The molecule has 0 bridgehead atoms. The Morgan fingerprint density at radius 1 is 1.18 bits per heavy atom. The van der Waals surface area contributed by atoms with Crippen molar-refractivity contribution in [2.75, 3.05) is 13.2 Å². The molecule has 0 heterocycles. The smallest absolute Gasteiger partial charge is 0.123 e. The van der Waals surface area contributed by atoms with Crippen molar-refractivity contribution in [1.29, 1.82) is 0 Å². The summed E-state index contributed by atoms with van der Waals surface area (Å²) >= 11 is 0. The van der Waals surface area contributed by atoms with Crippen LogP contribution in [0.25, 0.3) is 0 Å². The molecule has 0 amide bonds. The van der Waals surface area contributed by atoms with Crippen LogP contribution in [0.2, 0.25) is 0 Å². The lowest BCUT2D eigenvalue weighted by atomic mass is 10.2. The summed E-state index contributed by atoms with van der Waals surface area (Å²) in [6.07, 6.45) is 0.954. The van der Waals surface area contributed by atoms with Crippen molar-refractivity contribution in [2.45, 2.75) is 27.2 Å². The van der Waals surface area contributed by atoms with Gasteiger partial charge in [0.1, 0.15) is 18.1 Å². The zero-order valence-corrected chi connectivity index (χ0v) is 10.8. The fraction of sp³-hybridized carbons (Fsp3) is 0.500. The molecule has 17 heavy (non-hydrogen) atoms. The minimum Gasteiger partial charge on any atom is -0.493 e. The van der Waals surface area contributed by atoms with Crippen LogP contribution in [-0.2, 0) is 0 Å². The number of hydrogen-bond acceptors (Lipinski definition) is 3. The van der Waals surface area contributed by atoms with E-state index in [0.29, 0.717) is 24.7 Å². The molecular weight excluding hydrogens is 216 g/mol. The van der Waals surface area contributed by atoms with E-state index in [2.05, 4.69) is 20.8 Å². The Kier molecular flexibility index (Phi) is 5.84. The van der Waals surface area contributed by atoms with Gasteiger partial charge in [-0.1, -0.05) is 20.8 Å². The monoisotopic (exact) mass is 237 g/mol. The molecule has 0 aliphatic heterocycles. The predicted molar refractivity (Wildman–Crippen MR) is 67.9 cm³/mol. The van der Waals surface area contributed by atoms with Crippen LogP contribution in [0.1, 0.15) is 32.8 Å². The van der Waals surface area contributed by atoms with Gasteiger partial charge in [-0.05, 0) is 30.0 Å². The van der Waals surface area contributed by atoms with Crippen molar-refractivity contribution < 1.29 is 14.6 Å². The highest BCUT2D eigenvalue weighted by Crippen LogP contribution is 2.24. The van der Waals surface area contributed by atoms with Crippen LogP contribution in [0.4, 0.5) is 0 Å². The maximum absolute atomic E-state index is 9.05. The second-order valence-electron chi connectivity index (χ2n) is 4.42. The summed E-state index contributed by atoms with van der Waals surface area (Å²) in [7, 11) is 0. The van der Waals surface area contributed by atoms with Gasteiger partial charge in [-0.3, -0.25) is 0 Å². The van der Waals surface area contributed by atoms with Crippen LogP contribution in [-0.4, -0.2) is 18.3 Å². The van der Waals surface area contributed by atoms with Gasteiger partial charge in [0.25, 0.3) is 0 Å².